The highest BCUT2D eigenvalue weighted by Crippen LogP contribution is 2.15. The molecule has 0 radical (unpaired) electrons. The topological polar surface area (TPSA) is 30.0 Å². The molecule has 0 bridgehead atoms. The van der Waals surface area contributed by atoms with E-state index in [1.54, 1.807) is 12.3 Å². The molecule has 2 heteroatoms. The van der Waals surface area contributed by atoms with E-state index < -0.39 is 0 Å². The summed E-state index contributed by atoms with van der Waals surface area (Å²) >= 11 is 0. The molecule has 0 fully saturated rings. The molecule has 0 spiro atoms. The Hall–Kier alpha value is -2.74. The number of hydrogen-bond acceptors (Lipinski definition) is 2. The molecule has 3 aromatic rings. The van der Waals surface area contributed by atoms with Crippen LogP contribution < -0.4 is 0 Å². The summed E-state index contributed by atoms with van der Waals surface area (Å²) in [7, 11) is 0. The summed E-state index contributed by atoms with van der Waals surface area (Å²) in [5.41, 5.74) is 3.81. The molecule has 0 saturated carbocycles. The van der Waals surface area contributed by atoms with Gasteiger partial charge >= 0.3 is 0 Å². The smallest absolute Gasteiger partial charge is 0.185 e. The molecule has 3 rings (SSSR count). The molecular formula is C19H15NO. The lowest BCUT2D eigenvalue weighted by molar-refractivity contribution is 0.104. The molecule has 0 unspecified atom stereocenters. The van der Waals surface area contributed by atoms with E-state index in [1.165, 1.54) is 0 Å². The zero-order valence-corrected chi connectivity index (χ0v) is 11.8. The van der Waals surface area contributed by atoms with Crippen molar-refractivity contribution in [3.05, 3.63) is 83.6 Å². The van der Waals surface area contributed by atoms with Crippen LogP contribution in [0.5, 0.6) is 0 Å². The second kappa shape index (κ2) is 5.71. The van der Waals surface area contributed by atoms with E-state index in [9.17, 15) is 4.79 Å². The number of nitrogens with zero attached hydrogens (tertiary/aromatic N) is 1. The second-order valence-electron chi connectivity index (χ2n) is 5.02. The summed E-state index contributed by atoms with van der Waals surface area (Å²) in [4.78, 5) is 16.4. The fourth-order valence-electron chi connectivity index (χ4n) is 2.18. The number of carbonyl (C=O) groups excluding carboxylic acids is 1. The van der Waals surface area contributed by atoms with Crippen LogP contribution in [0.4, 0.5) is 0 Å². The maximum atomic E-state index is 12.1. The normalized spacial score (nSPS) is 11.1. The van der Waals surface area contributed by atoms with Crippen molar-refractivity contribution in [1.29, 1.82) is 0 Å². The Balaban J connectivity index is 1.83. The second-order valence-corrected chi connectivity index (χ2v) is 5.02. The molecule has 102 valence electrons. The Morgan fingerprint density at radius 3 is 2.67 bits per heavy atom. The van der Waals surface area contributed by atoms with Gasteiger partial charge in [0, 0.05) is 17.1 Å². The van der Waals surface area contributed by atoms with Crippen LogP contribution in [0.2, 0.25) is 0 Å². The molecule has 2 aromatic carbocycles. The standard InChI is InChI=1S/C19H15NO/c1-14-4-8-16(9-5-14)19(21)11-7-15-6-10-18-17(13-15)3-2-12-20-18/h2-13H,1H3/b11-7+. The average molecular weight is 273 g/mol. The zero-order valence-electron chi connectivity index (χ0n) is 11.8. The van der Waals surface area contributed by atoms with E-state index in [4.69, 9.17) is 0 Å². The van der Waals surface area contributed by atoms with Crippen LogP contribution in [0.15, 0.2) is 66.9 Å². The number of rotatable bonds is 3. The molecule has 1 aromatic heterocycles. The van der Waals surface area contributed by atoms with Crippen LogP contribution in [-0.4, -0.2) is 10.8 Å². The van der Waals surface area contributed by atoms with Gasteiger partial charge in [-0.1, -0.05) is 48.0 Å². The fraction of sp³-hybridized carbons (Fsp3) is 0.0526. The lowest BCUT2D eigenvalue weighted by atomic mass is 10.1. The quantitative estimate of drug-likeness (QED) is 0.521. The first-order chi connectivity index (χ1) is 10.2. The lowest BCUT2D eigenvalue weighted by Gasteiger charge is -1.99. The van der Waals surface area contributed by atoms with Gasteiger partial charge in [0.1, 0.15) is 0 Å². The number of pyridine rings is 1. The molecule has 0 aliphatic carbocycles. The minimum Gasteiger partial charge on any atom is -0.289 e. The monoisotopic (exact) mass is 273 g/mol. The number of aryl methyl sites for hydroxylation is 1. The summed E-state index contributed by atoms with van der Waals surface area (Å²) in [5.74, 6) is 0.0151. The number of carbonyl (C=O) groups is 1. The van der Waals surface area contributed by atoms with Crippen LogP contribution in [0.1, 0.15) is 21.5 Å². The highest BCUT2D eigenvalue weighted by Gasteiger charge is 2.01. The summed E-state index contributed by atoms with van der Waals surface area (Å²) in [6.45, 7) is 2.01. The third-order valence-electron chi connectivity index (χ3n) is 3.39. The van der Waals surface area contributed by atoms with Gasteiger partial charge in [-0.2, -0.15) is 0 Å². The van der Waals surface area contributed by atoms with Gasteiger partial charge < -0.3 is 0 Å². The first-order valence-electron chi connectivity index (χ1n) is 6.86. The predicted molar refractivity (Wildman–Crippen MR) is 86.3 cm³/mol. The largest absolute Gasteiger partial charge is 0.289 e. The maximum Gasteiger partial charge on any atom is 0.185 e. The fourth-order valence-corrected chi connectivity index (χ4v) is 2.18. The van der Waals surface area contributed by atoms with Crippen LogP contribution in [0, 0.1) is 6.92 Å². The number of aromatic nitrogens is 1. The Morgan fingerprint density at radius 1 is 1.05 bits per heavy atom. The van der Waals surface area contributed by atoms with Crippen LogP contribution in [0.25, 0.3) is 17.0 Å². The van der Waals surface area contributed by atoms with Crippen LogP contribution in [-0.2, 0) is 0 Å². The molecule has 2 nitrogen and oxygen atoms in total. The van der Waals surface area contributed by atoms with E-state index in [0.29, 0.717) is 5.56 Å². The molecule has 0 amide bonds. The van der Waals surface area contributed by atoms with Crippen molar-refractivity contribution in [2.24, 2.45) is 0 Å². The zero-order chi connectivity index (χ0) is 14.7. The van der Waals surface area contributed by atoms with Gasteiger partial charge in [-0.15, -0.1) is 0 Å². The van der Waals surface area contributed by atoms with E-state index in [0.717, 1.165) is 22.0 Å². The predicted octanol–water partition coefficient (Wildman–Crippen LogP) is 4.44. The summed E-state index contributed by atoms with van der Waals surface area (Å²) < 4.78 is 0. The SMILES string of the molecule is Cc1ccc(C(=O)/C=C/c2ccc3ncccc3c2)cc1. The number of ketones is 1. The minimum atomic E-state index is 0.0151. The van der Waals surface area contributed by atoms with Crippen molar-refractivity contribution in [2.45, 2.75) is 6.92 Å². The molecule has 0 atom stereocenters. The molecule has 1 heterocycles. The Morgan fingerprint density at radius 2 is 1.86 bits per heavy atom. The lowest BCUT2D eigenvalue weighted by Crippen LogP contribution is -1.93. The van der Waals surface area contributed by atoms with Crippen LogP contribution >= 0.6 is 0 Å². The number of hydrogen-bond donors (Lipinski definition) is 0. The van der Waals surface area contributed by atoms with Gasteiger partial charge in [0.25, 0.3) is 0 Å². The van der Waals surface area contributed by atoms with E-state index in [2.05, 4.69) is 4.98 Å². The summed E-state index contributed by atoms with van der Waals surface area (Å²) in [5, 5.41) is 1.07. The first-order valence-corrected chi connectivity index (χ1v) is 6.86. The van der Waals surface area contributed by atoms with Gasteiger partial charge in [-0.3, -0.25) is 9.78 Å². The number of benzene rings is 2. The van der Waals surface area contributed by atoms with Crippen molar-refractivity contribution in [3.8, 4) is 0 Å². The van der Waals surface area contributed by atoms with Crippen molar-refractivity contribution in [1.82, 2.24) is 4.98 Å². The highest BCUT2D eigenvalue weighted by molar-refractivity contribution is 6.06. The van der Waals surface area contributed by atoms with E-state index >= 15 is 0 Å². The van der Waals surface area contributed by atoms with Crippen LogP contribution in [0.3, 0.4) is 0 Å². The van der Waals surface area contributed by atoms with Crippen molar-refractivity contribution < 1.29 is 4.79 Å². The summed E-state index contributed by atoms with van der Waals surface area (Å²) in [6, 6.07) is 17.5. The Labute approximate surface area is 123 Å². The minimum absolute atomic E-state index is 0.0151. The molecular weight excluding hydrogens is 258 g/mol. The molecule has 0 aliphatic heterocycles. The van der Waals surface area contributed by atoms with Gasteiger partial charge in [0.15, 0.2) is 5.78 Å². The van der Waals surface area contributed by atoms with Gasteiger partial charge in [-0.05, 0) is 36.8 Å². The van der Waals surface area contributed by atoms with Gasteiger partial charge in [0.2, 0.25) is 0 Å². The van der Waals surface area contributed by atoms with E-state index in [1.807, 2.05) is 67.6 Å². The van der Waals surface area contributed by atoms with E-state index in [-0.39, 0.29) is 5.78 Å². The van der Waals surface area contributed by atoms with Gasteiger partial charge in [-0.25, -0.2) is 0 Å². The van der Waals surface area contributed by atoms with Crippen molar-refractivity contribution in [3.63, 3.8) is 0 Å². The highest BCUT2D eigenvalue weighted by atomic mass is 16.1. The number of allylic oxidation sites excluding steroid dienone is 1. The Kier molecular flexibility index (Phi) is 3.61. The molecule has 0 saturated heterocycles. The third-order valence-corrected chi connectivity index (χ3v) is 3.39. The average Bonchev–Trinajstić information content (AvgIpc) is 2.53. The first kappa shape index (κ1) is 13.3. The Bertz CT molecular complexity index is 816. The molecule has 0 N–H and O–H groups in total. The number of fused-ring (bicyclic) bond motifs is 1. The van der Waals surface area contributed by atoms with Gasteiger partial charge in [0.05, 0.1) is 5.52 Å². The van der Waals surface area contributed by atoms with Crippen molar-refractivity contribution >= 4 is 22.8 Å². The third kappa shape index (κ3) is 3.06. The van der Waals surface area contributed by atoms with Crippen molar-refractivity contribution in [2.75, 3.05) is 0 Å². The molecule has 0 aliphatic rings. The maximum absolute atomic E-state index is 12.1. The molecule has 21 heavy (non-hydrogen) atoms. The summed E-state index contributed by atoms with van der Waals surface area (Å²) in [6.07, 6.45) is 5.23.